The highest BCUT2D eigenvalue weighted by Gasteiger charge is 2.19. The Morgan fingerprint density at radius 2 is 1.96 bits per heavy atom. The molecule has 0 aliphatic carbocycles. The zero-order valence-corrected chi connectivity index (χ0v) is 14.2. The van der Waals surface area contributed by atoms with Crippen LogP contribution in [0.4, 0.5) is 0 Å². The van der Waals surface area contributed by atoms with E-state index in [1.165, 1.54) is 0 Å². The normalized spacial score (nSPS) is 11.7. The molecule has 0 saturated carbocycles. The van der Waals surface area contributed by atoms with Gasteiger partial charge in [0.25, 0.3) is 0 Å². The molecule has 24 heavy (non-hydrogen) atoms. The number of aromatic nitrogens is 5. The molecule has 7 nitrogen and oxygen atoms in total. The lowest BCUT2D eigenvalue weighted by Gasteiger charge is -2.18. The van der Waals surface area contributed by atoms with Crippen molar-refractivity contribution in [2.75, 3.05) is 0 Å². The Morgan fingerprint density at radius 3 is 2.62 bits per heavy atom. The quantitative estimate of drug-likeness (QED) is 0.540. The zero-order valence-electron chi connectivity index (χ0n) is 14.2. The van der Waals surface area contributed by atoms with Crippen LogP contribution < -0.4 is 4.57 Å². The maximum atomic E-state index is 11.9. The molecule has 0 atom stereocenters. The fourth-order valence-corrected chi connectivity index (χ4v) is 2.29. The van der Waals surface area contributed by atoms with Crippen molar-refractivity contribution in [2.45, 2.75) is 32.9 Å². The average Bonchev–Trinajstić information content (AvgIpc) is 2.87. The van der Waals surface area contributed by atoms with Crippen molar-refractivity contribution in [3.8, 4) is 11.3 Å². The summed E-state index contributed by atoms with van der Waals surface area (Å²) >= 11 is 0. The van der Waals surface area contributed by atoms with Crippen LogP contribution in [0, 0.1) is 0 Å². The summed E-state index contributed by atoms with van der Waals surface area (Å²) in [7, 11) is 1.88. The van der Waals surface area contributed by atoms with Crippen molar-refractivity contribution in [3.63, 3.8) is 0 Å². The van der Waals surface area contributed by atoms with E-state index in [1.807, 2.05) is 56.9 Å². The second-order valence-electron chi connectivity index (χ2n) is 6.60. The number of ether oxygens (including phenoxy) is 1. The Bertz CT molecular complexity index is 878. The molecule has 0 spiro atoms. The van der Waals surface area contributed by atoms with Crippen molar-refractivity contribution in [1.29, 1.82) is 0 Å². The maximum absolute atomic E-state index is 11.9. The molecule has 3 aromatic heterocycles. The van der Waals surface area contributed by atoms with Gasteiger partial charge in [0.05, 0.1) is 18.2 Å². The molecule has 0 saturated heterocycles. The lowest BCUT2D eigenvalue weighted by atomic mass is 10.2. The van der Waals surface area contributed by atoms with Crippen molar-refractivity contribution < 1.29 is 14.1 Å². The monoisotopic (exact) mass is 326 g/mol. The Labute approximate surface area is 140 Å². The highest BCUT2D eigenvalue weighted by molar-refractivity contribution is 5.70. The highest BCUT2D eigenvalue weighted by atomic mass is 16.6. The molecule has 3 aromatic rings. The van der Waals surface area contributed by atoms with Gasteiger partial charge in [0, 0.05) is 24.7 Å². The van der Waals surface area contributed by atoms with Crippen LogP contribution in [0.5, 0.6) is 0 Å². The molecule has 0 N–H and O–H groups in total. The van der Waals surface area contributed by atoms with Crippen LogP contribution in [-0.4, -0.2) is 31.1 Å². The second-order valence-corrected chi connectivity index (χ2v) is 6.60. The third-order valence-corrected chi connectivity index (χ3v) is 3.34. The largest absolute Gasteiger partial charge is 0.455 e. The summed E-state index contributed by atoms with van der Waals surface area (Å²) in [6.45, 7) is 5.73. The number of fused-ring (bicyclic) bond motifs is 1. The van der Waals surface area contributed by atoms with Crippen molar-refractivity contribution in [3.05, 3.63) is 37.1 Å². The summed E-state index contributed by atoms with van der Waals surface area (Å²) in [4.78, 5) is 24.9. The van der Waals surface area contributed by atoms with E-state index >= 15 is 0 Å². The van der Waals surface area contributed by atoms with E-state index < -0.39 is 5.60 Å². The topological polar surface area (TPSA) is 73.8 Å². The van der Waals surface area contributed by atoms with Crippen molar-refractivity contribution in [1.82, 2.24) is 19.5 Å². The predicted octanol–water partition coefficient (Wildman–Crippen LogP) is 1.66. The van der Waals surface area contributed by atoms with Gasteiger partial charge in [-0.25, -0.2) is 19.7 Å². The first kappa shape index (κ1) is 16.0. The number of aryl methyl sites for hydroxylation is 1. The number of hydrogen-bond donors (Lipinski definition) is 0. The lowest BCUT2D eigenvalue weighted by Crippen LogP contribution is -2.40. The standard InChI is InChI=1S/C17H20N5O2/c1-17(2,3)24-14(23)10-22-7-5-12(6-8-22)13-9-18-15-16(20-13)21(4)11-19-15/h5-9,11H,10H2,1-4H3/q+1. The first-order valence-electron chi connectivity index (χ1n) is 7.67. The van der Waals surface area contributed by atoms with E-state index in [2.05, 4.69) is 15.0 Å². The molecule has 0 aliphatic heterocycles. The van der Waals surface area contributed by atoms with Crippen molar-refractivity contribution >= 4 is 17.3 Å². The number of pyridine rings is 1. The van der Waals surface area contributed by atoms with Gasteiger partial charge in [-0.1, -0.05) is 0 Å². The summed E-state index contributed by atoms with van der Waals surface area (Å²) in [5, 5.41) is 0. The van der Waals surface area contributed by atoms with Crippen LogP contribution in [0.15, 0.2) is 37.1 Å². The number of nitrogens with zero attached hydrogens (tertiary/aromatic N) is 5. The maximum Gasteiger partial charge on any atom is 0.373 e. The van der Waals surface area contributed by atoms with E-state index in [4.69, 9.17) is 4.74 Å². The van der Waals surface area contributed by atoms with Crippen LogP contribution in [0.25, 0.3) is 22.6 Å². The molecular weight excluding hydrogens is 306 g/mol. The SMILES string of the molecule is Cn1cnc2ncc(-c3cc[n+](CC(=O)OC(C)(C)C)cc3)nc21. The van der Waals surface area contributed by atoms with E-state index in [1.54, 1.807) is 17.1 Å². The second kappa shape index (κ2) is 5.99. The zero-order chi connectivity index (χ0) is 17.3. The molecule has 0 aromatic carbocycles. The van der Waals surface area contributed by atoms with Gasteiger partial charge in [-0.05, 0) is 20.8 Å². The van der Waals surface area contributed by atoms with E-state index in [9.17, 15) is 4.79 Å². The summed E-state index contributed by atoms with van der Waals surface area (Å²) in [6, 6.07) is 3.80. The fraction of sp³-hybridized carbons (Fsp3) is 0.353. The van der Waals surface area contributed by atoms with Crippen LogP contribution in [0.1, 0.15) is 20.8 Å². The molecule has 0 aliphatic rings. The smallest absolute Gasteiger partial charge is 0.373 e. The fourth-order valence-electron chi connectivity index (χ4n) is 2.29. The van der Waals surface area contributed by atoms with E-state index in [0.29, 0.717) is 5.65 Å². The summed E-state index contributed by atoms with van der Waals surface area (Å²) < 4.78 is 8.92. The number of hydrogen-bond acceptors (Lipinski definition) is 5. The third-order valence-electron chi connectivity index (χ3n) is 3.34. The van der Waals surface area contributed by atoms with Gasteiger partial charge in [-0.2, -0.15) is 4.57 Å². The van der Waals surface area contributed by atoms with Crippen molar-refractivity contribution in [2.24, 2.45) is 7.05 Å². The number of esters is 1. The molecule has 0 fully saturated rings. The number of imidazole rings is 1. The minimum Gasteiger partial charge on any atom is -0.455 e. The minimum absolute atomic E-state index is 0.171. The molecular formula is C17H20N5O2+. The Hall–Kier alpha value is -2.83. The number of carbonyl (C=O) groups excluding carboxylic acids is 1. The van der Waals surface area contributed by atoms with Crippen LogP contribution in [0.2, 0.25) is 0 Å². The van der Waals surface area contributed by atoms with E-state index in [-0.39, 0.29) is 12.5 Å². The van der Waals surface area contributed by atoms with Gasteiger partial charge in [-0.3, -0.25) is 0 Å². The Kier molecular flexibility index (Phi) is 4.01. The molecule has 0 unspecified atom stereocenters. The minimum atomic E-state index is -0.480. The third kappa shape index (κ3) is 3.56. The van der Waals surface area contributed by atoms with Gasteiger partial charge in [0.2, 0.25) is 6.54 Å². The van der Waals surface area contributed by atoms with Gasteiger partial charge in [0.15, 0.2) is 23.7 Å². The number of carbonyl (C=O) groups is 1. The Morgan fingerprint density at radius 1 is 1.25 bits per heavy atom. The first-order valence-corrected chi connectivity index (χ1v) is 7.67. The molecule has 3 heterocycles. The van der Waals surface area contributed by atoms with Crippen LogP contribution >= 0.6 is 0 Å². The van der Waals surface area contributed by atoms with E-state index in [0.717, 1.165) is 16.9 Å². The van der Waals surface area contributed by atoms with Gasteiger partial charge < -0.3 is 9.30 Å². The van der Waals surface area contributed by atoms with Crippen LogP contribution in [0.3, 0.4) is 0 Å². The molecule has 0 radical (unpaired) electrons. The lowest BCUT2D eigenvalue weighted by molar-refractivity contribution is -0.686. The Balaban J connectivity index is 1.78. The average molecular weight is 326 g/mol. The first-order chi connectivity index (χ1) is 11.3. The van der Waals surface area contributed by atoms with Crippen LogP contribution in [-0.2, 0) is 23.1 Å². The summed E-state index contributed by atoms with van der Waals surface area (Å²) in [5.41, 5.74) is 2.56. The molecule has 7 heteroatoms. The highest BCUT2D eigenvalue weighted by Crippen LogP contribution is 2.17. The van der Waals surface area contributed by atoms with Gasteiger partial charge >= 0.3 is 5.97 Å². The summed E-state index contributed by atoms with van der Waals surface area (Å²) in [6.07, 6.45) is 7.04. The number of rotatable bonds is 3. The van der Waals surface area contributed by atoms with Gasteiger partial charge in [0.1, 0.15) is 5.60 Å². The van der Waals surface area contributed by atoms with Gasteiger partial charge in [-0.15, -0.1) is 0 Å². The molecule has 124 valence electrons. The summed E-state index contributed by atoms with van der Waals surface area (Å²) in [5.74, 6) is -0.267. The molecule has 3 rings (SSSR count). The molecule has 0 amide bonds. The predicted molar refractivity (Wildman–Crippen MR) is 87.8 cm³/mol. The molecule has 0 bridgehead atoms.